The summed E-state index contributed by atoms with van der Waals surface area (Å²) < 4.78 is 1.04. The van der Waals surface area contributed by atoms with E-state index in [0.29, 0.717) is 0 Å². The van der Waals surface area contributed by atoms with Gasteiger partial charge in [-0.15, -0.1) is 0 Å². The van der Waals surface area contributed by atoms with Gasteiger partial charge in [-0.3, -0.25) is 0 Å². The van der Waals surface area contributed by atoms with Crippen molar-refractivity contribution in [2.45, 2.75) is 40.0 Å². The molecule has 0 spiro atoms. The second-order valence-corrected chi connectivity index (χ2v) is 6.90. The number of rotatable bonds is 7. The van der Waals surface area contributed by atoms with E-state index >= 15 is 0 Å². The molecule has 18 heavy (non-hydrogen) atoms. The predicted molar refractivity (Wildman–Crippen MR) is 84.4 cm³/mol. The van der Waals surface area contributed by atoms with E-state index in [0.717, 1.165) is 29.0 Å². The maximum atomic E-state index is 6.27. The van der Waals surface area contributed by atoms with Crippen molar-refractivity contribution in [1.29, 1.82) is 0 Å². The molecule has 0 aliphatic heterocycles. The molecule has 0 aliphatic carbocycles. The molecule has 3 heteroatoms. The van der Waals surface area contributed by atoms with Crippen molar-refractivity contribution in [2.75, 3.05) is 13.1 Å². The fourth-order valence-corrected chi connectivity index (χ4v) is 2.74. The van der Waals surface area contributed by atoms with Crippen LogP contribution in [0.25, 0.3) is 0 Å². The highest BCUT2D eigenvalue weighted by atomic mass is 79.9. The van der Waals surface area contributed by atoms with Gasteiger partial charge in [0.15, 0.2) is 0 Å². The SMILES string of the molecule is CCCNCCC(C)(C)Cc1ccc(Br)cc1Cl. The van der Waals surface area contributed by atoms with Crippen LogP contribution in [0, 0.1) is 5.41 Å². The van der Waals surface area contributed by atoms with Gasteiger partial charge in [0.05, 0.1) is 0 Å². The van der Waals surface area contributed by atoms with Gasteiger partial charge in [-0.05, 0) is 55.5 Å². The molecule has 0 saturated carbocycles. The Morgan fingerprint density at radius 1 is 1.28 bits per heavy atom. The lowest BCUT2D eigenvalue weighted by atomic mass is 9.82. The highest BCUT2D eigenvalue weighted by Crippen LogP contribution is 2.30. The van der Waals surface area contributed by atoms with Gasteiger partial charge < -0.3 is 5.32 Å². The number of benzene rings is 1. The molecule has 0 aromatic heterocycles. The summed E-state index contributed by atoms with van der Waals surface area (Å²) >= 11 is 9.71. The lowest BCUT2D eigenvalue weighted by Crippen LogP contribution is -2.24. The summed E-state index contributed by atoms with van der Waals surface area (Å²) in [5, 5.41) is 4.32. The summed E-state index contributed by atoms with van der Waals surface area (Å²) in [6, 6.07) is 6.16. The van der Waals surface area contributed by atoms with Gasteiger partial charge in [-0.2, -0.15) is 0 Å². The summed E-state index contributed by atoms with van der Waals surface area (Å²) in [4.78, 5) is 0. The van der Waals surface area contributed by atoms with Crippen molar-refractivity contribution < 1.29 is 0 Å². The van der Waals surface area contributed by atoms with Gasteiger partial charge in [-0.25, -0.2) is 0 Å². The Labute approximate surface area is 124 Å². The van der Waals surface area contributed by atoms with E-state index < -0.39 is 0 Å². The maximum absolute atomic E-state index is 6.27. The molecule has 0 fully saturated rings. The molecule has 0 atom stereocenters. The van der Waals surface area contributed by atoms with E-state index in [4.69, 9.17) is 11.6 Å². The van der Waals surface area contributed by atoms with Crippen LogP contribution in [0.3, 0.4) is 0 Å². The third kappa shape index (κ3) is 5.73. The molecule has 1 rings (SSSR count). The van der Waals surface area contributed by atoms with Crippen LogP contribution in [0.1, 0.15) is 39.2 Å². The van der Waals surface area contributed by atoms with Crippen LogP contribution in [0.2, 0.25) is 5.02 Å². The molecular formula is C15H23BrClN. The predicted octanol–water partition coefficient (Wildman–Crippen LogP) is 5.06. The average Bonchev–Trinajstić information content (AvgIpc) is 2.28. The van der Waals surface area contributed by atoms with E-state index in [2.05, 4.69) is 54.2 Å². The average molecular weight is 333 g/mol. The maximum Gasteiger partial charge on any atom is 0.0449 e. The first-order valence-electron chi connectivity index (χ1n) is 6.59. The molecule has 1 aromatic carbocycles. The monoisotopic (exact) mass is 331 g/mol. The first-order valence-corrected chi connectivity index (χ1v) is 7.76. The minimum atomic E-state index is 0.276. The van der Waals surface area contributed by atoms with Crippen molar-refractivity contribution >= 4 is 27.5 Å². The first-order chi connectivity index (χ1) is 8.44. The summed E-state index contributed by atoms with van der Waals surface area (Å²) in [5.41, 5.74) is 1.51. The molecule has 0 heterocycles. The quantitative estimate of drug-likeness (QED) is 0.688. The smallest absolute Gasteiger partial charge is 0.0449 e. The topological polar surface area (TPSA) is 12.0 Å². The number of hydrogen-bond acceptors (Lipinski definition) is 1. The van der Waals surface area contributed by atoms with Crippen molar-refractivity contribution in [1.82, 2.24) is 5.32 Å². The molecule has 0 saturated heterocycles. The third-order valence-corrected chi connectivity index (χ3v) is 3.93. The fraction of sp³-hybridized carbons (Fsp3) is 0.600. The van der Waals surface area contributed by atoms with Gasteiger partial charge in [0.1, 0.15) is 0 Å². The van der Waals surface area contributed by atoms with E-state index in [1.807, 2.05) is 6.07 Å². The van der Waals surface area contributed by atoms with Crippen LogP contribution in [0.5, 0.6) is 0 Å². The van der Waals surface area contributed by atoms with Gasteiger partial charge in [0.25, 0.3) is 0 Å². The lowest BCUT2D eigenvalue weighted by molar-refractivity contribution is 0.326. The van der Waals surface area contributed by atoms with Crippen molar-refractivity contribution in [2.24, 2.45) is 5.41 Å². The minimum Gasteiger partial charge on any atom is -0.317 e. The fourth-order valence-electron chi connectivity index (χ4n) is 2.00. The zero-order valence-electron chi connectivity index (χ0n) is 11.5. The minimum absolute atomic E-state index is 0.276. The van der Waals surface area contributed by atoms with Crippen molar-refractivity contribution in [3.63, 3.8) is 0 Å². The van der Waals surface area contributed by atoms with Crippen LogP contribution >= 0.6 is 27.5 Å². The third-order valence-electron chi connectivity index (χ3n) is 3.09. The summed E-state index contributed by atoms with van der Waals surface area (Å²) in [5.74, 6) is 0. The molecule has 1 aromatic rings. The van der Waals surface area contributed by atoms with E-state index in [1.54, 1.807) is 0 Å². The Kier molecular flexibility index (Phi) is 6.68. The van der Waals surface area contributed by atoms with Gasteiger partial charge in [0.2, 0.25) is 0 Å². The summed E-state index contributed by atoms with van der Waals surface area (Å²) in [7, 11) is 0. The van der Waals surface area contributed by atoms with Crippen molar-refractivity contribution in [3.8, 4) is 0 Å². The normalized spacial score (nSPS) is 11.8. The Morgan fingerprint density at radius 2 is 2.00 bits per heavy atom. The second kappa shape index (κ2) is 7.52. The number of hydrogen-bond donors (Lipinski definition) is 1. The van der Waals surface area contributed by atoms with Crippen molar-refractivity contribution in [3.05, 3.63) is 33.3 Å². The van der Waals surface area contributed by atoms with Gasteiger partial charge >= 0.3 is 0 Å². The van der Waals surface area contributed by atoms with Crippen LogP contribution in [-0.4, -0.2) is 13.1 Å². The van der Waals surface area contributed by atoms with E-state index in [1.165, 1.54) is 18.4 Å². The Bertz CT molecular complexity index is 377. The zero-order chi connectivity index (χ0) is 13.6. The second-order valence-electron chi connectivity index (χ2n) is 5.58. The van der Waals surface area contributed by atoms with Crippen LogP contribution in [0.4, 0.5) is 0 Å². The molecule has 0 radical (unpaired) electrons. The number of halogens is 2. The molecule has 0 bridgehead atoms. The van der Waals surface area contributed by atoms with Gasteiger partial charge in [-0.1, -0.05) is 54.4 Å². The summed E-state index contributed by atoms with van der Waals surface area (Å²) in [6.07, 6.45) is 3.38. The Hall–Kier alpha value is -0.0500. The number of nitrogens with one attached hydrogen (secondary N) is 1. The highest BCUT2D eigenvalue weighted by molar-refractivity contribution is 9.10. The lowest BCUT2D eigenvalue weighted by Gasteiger charge is -2.25. The molecule has 102 valence electrons. The van der Waals surface area contributed by atoms with Crippen LogP contribution in [0.15, 0.2) is 22.7 Å². The van der Waals surface area contributed by atoms with Gasteiger partial charge in [0, 0.05) is 9.50 Å². The first kappa shape index (κ1) is 16.0. The highest BCUT2D eigenvalue weighted by Gasteiger charge is 2.19. The van der Waals surface area contributed by atoms with Crippen LogP contribution in [-0.2, 0) is 6.42 Å². The standard InChI is InChI=1S/C15H23BrClN/c1-4-8-18-9-7-15(2,3)11-12-5-6-13(16)10-14(12)17/h5-6,10,18H,4,7-9,11H2,1-3H3. The Balaban J connectivity index is 2.53. The Morgan fingerprint density at radius 3 is 2.61 bits per heavy atom. The molecule has 0 amide bonds. The molecule has 1 N–H and O–H groups in total. The molecule has 0 aliphatic rings. The van der Waals surface area contributed by atoms with E-state index in [9.17, 15) is 0 Å². The molecule has 0 unspecified atom stereocenters. The van der Waals surface area contributed by atoms with E-state index in [-0.39, 0.29) is 5.41 Å². The molecular weight excluding hydrogens is 310 g/mol. The largest absolute Gasteiger partial charge is 0.317 e. The van der Waals surface area contributed by atoms with Crippen LogP contribution < -0.4 is 5.32 Å². The summed E-state index contributed by atoms with van der Waals surface area (Å²) in [6.45, 7) is 8.99. The molecule has 1 nitrogen and oxygen atoms in total. The zero-order valence-corrected chi connectivity index (χ0v) is 13.9.